The number of aromatic nitrogens is 1. The number of rotatable bonds is 10. The third-order valence-electron chi connectivity index (χ3n) is 6.17. The molecule has 1 amide bonds. The van der Waals surface area contributed by atoms with Crippen molar-refractivity contribution in [1.29, 1.82) is 0 Å². The molecule has 1 unspecified atom stereocenters. The number of hydrogen-bond acceptors (Lipinski definition) is 4. The number of piperidine rings is 1. The predicted octanol–water partition coefficient (Wildman–Crippen LogP) is 4.48. The number of amides is 1. The molecule has 0 aliphatic carbocycles. The molecule has 1 fully saturated rings. The van der Waals surface area contributed by atoms with Crippen molar-refractivity contribution in [3.63, 3.8) is 0 Å². The highest BCUT2D eigenvalue weighted by atomic mass is 16.3. The number of nitrogens with zero attached hydrogens (tertiary/aromatic N) is 2. The quantitative estimate of drug-likeness (QED) is 0.607. The molecule has 0 spiro atoms. The van der Waals surface area contributed by atoms with Crippen LogP contribution >= 0.6 is 0 Å². The van der Waals surface area contributed by atoms with Crippen LogP contribution in [0.15, 0.2) is 48.8 Å². The van der Waals surface area contributed by atoms with Gasteiger partial charge in [-0.1, -0.05) is 31.5 Å². The fraction of sp³-hybridized carbons (Fsp3) is 0.520. The standard InChI is InChI=1S/C25H35N3O2/c1-2-4-24(22-7-9-23(29)10-8-22)28-17-13-20(14-18-28)12-16-27-25(30)11-6-21-5-3-15-26-19-21/h3,5,7-10,15,19-20,24,29H,2,4,6,11-14,16-18H2,1H3,(H,27,30). The van der Waals surface area contributed by atoms with E-state index in [1.54, 1.807) is 18.3 Å². The first-order chi connectivity index (χ1) is 14.7. The van der Waals surface area contributed by atoms with Gasteiger partial charge >= 0.3 is 0 Å². The average Bonchev–Trinajstić information content (AvgIpc) is 2.78. The number of aromatic hydroxyl groups is 1. The molecule has 162 valence electrons. The molecule has 1 aliphatic rings. The van der Waals surface area contributed by atoms with Gasteiger partial charge in [-0.3, -0.25) is 14.7 Å². The van der Waals surface area contributed by atoms with Crippen LogP contribution in [-0.4, -0.2) is 40.5 Å². The number of pyridine rings is 1. The number of hydrogen-bond donors (Lipinski definition) is 2. The van der Waals surface area contributed by atoms with Gasteiger partial charge in [0.25, 0.3) is 0 Å². The molecule has 30 heavy (non-hydrogen) atoms. The molecule has 2 heterocycles. The molecule has 0 radical (unpaired) electrons. The lowest BCUT2D eigenvalue weighted by Crippen LogP contribution is -2.37. The largest absolute Gasteiger partial charge is 0.508 e. The zero-order chi connectivity index (χ0) is 21.2. The van der Waals surface area contributed by atoms with E-state index in [9.17, 15) is 9.90 Å². The Hall–Kier alpha value is -2.40. The van der Waals surface area contributed by atoms with Gasteiger partial charge in [0.2, 0.25) is 5.91 Å². The Morgan fingerprint density at radius 1 is 1.23 bits per heavy atom. The highest BCUT2D eigenvalue weighted by molar-refractivity contribution is 5.76. The highest BCUT2D eigenvalue weighted by Crippen LogP contribution is 2.31. The van der Waals surface area contributed by atoms with Crippen LogP contribution in [0.2, 0.25) is 0 Å². The maximum absolute atomic E-state index is 12.1. The molecule has 3 rings (SSSR count). The minimum absolute atomic E-state index is 0.131. The molecule has 0 bridgehead atoms. The van der Waals surface area contributed by atoms with Crippen molar-refractivity contribution < 1.29 is 9.90 Å². The molecule has 2 aromatic rings. The van der Waals surface area contributed by atoms with Gasteiger partial charge in [-0.15, -0.1) is 0 Å². The minimum atomic E-state index is 0.131. The van der Waals surface area contributed by atoms with Crippen LogP contribution in [0.5, 0.6) is 5.75 Å². The van der Waals surface area contributed by atoms with E-state index in [4.69, 9.17) is 0 Å². The molecule has 1 saturated heterocycles. The Balaban J connectivity index is 1.37. The Kier molecular flexibility index (Phi) is 8.69. The average molecular weight is 410 g/mol. The van der Waals surface area contributed by atoms with Gasteiger partial charge in [0.1, 0.15) is 5.75 Å². The first kappa shape index (κ1) is 22.3. The molecule has 1 atom stereocenters. The van der Waals surface area contributed by atoms with Crippen LogP contribution in [0.4, 0.5) is 0 Å². The smallest absolute Gasteiger partial charge is 0.220 e. The Morgan fingerprint density at radius 3 is 2.67 bits per heavy atom. The summed E-state index contributed by atoms with van der Waals surface area (Å²) < 4.78 is 0. The van der Waals surface area contributed by atoms with Crippen LogP contribution in [0, 0.1) is 5.92 Å². The summed E-state index contributed by atoms with van der Waals surface area (Å²) in [5.74, 6) is 1.14. The van der Waals surface area contributed by atoms with E-state index >= 15 is 0 Å². The summed E-state index contributed by atoms with van der Waals surface area (Å²) in [4.78, 5) is 18.8. The van der Waals surface area contributed by atoms with Gasteiger partial charge in [-0.2, -0.15) is 0 Å². The second-order valence-electron chi connectivity index (χ2n) is 8.38. The lowest BCUT2D eigenvalue weighted by Gasteiger charge is -2.38. The number of carbonyl (C=O) groups excluding carboxylic acids is 1. The molecule has 1 aromatic carbocycles. The number of phenols is 1. The maximum atomic E-state index is 12.1. The van der Waals surface area contributed by atoms with Crippen molar-refractivity contribution in [2.75, 3.05) is 19.6 Å². The third kappa shape index (κ3) is 6.84. The number of benzene rings is 1. The molecule has 0 saturated carbocycles. The van der Waals surface area contributed by atoms with Gasteiger partial charge in [0.05, 0.1) is 0 Å². The van der Waals surface area contributed by atoms with Crippen molar-refractivity contribution in [1.82, 2.24) is 15.2 Å². The van der Waals surface area contributed by atoms with Crippen molar-refractivity contribution in [3.8, 4) is 5.75 Å². The monoisotopic (exact) mass is 409 g/mol. The summed E-state index contributed by atoms with van der Waals surface area (Å²) in [5.41, 5.74) is 2.41. The van der Waals surface area contributed by atoms with E-state index in [0.717, 1.165) is 50.9 Å². The van der Waals surface area contributed by atoms with Crippen molar-refractivity contribution in [2.24, 2.45) is 5.92 Å². The highest BCUT2D eigenvalue weighted by Gasteiger charge is 2.25. The number of phenolic OH excluding ortho intramolecular Hbond substituents is 1. The molecule has 2 N–H and O–H groups in total. The van der Waals surface area contributed by atoms with E-state index in [-0.39, 0.29) is 5.91 Å². The molecular formula is C25H35N3O2. The first-order valence-corrected chi connectivity index (χ1v) is 11.3. The first-order valence-electron chi connectivity index (χ1n) is 11.3. The Labute approximate surface area is 180 Å². The van der Waals surface area contributed by atoms with E-state index in [2.05, 4.69) is 34.3 Å². The van der Waals surface area contributed by atoms with Crippen LogP contribution in [-0.2, 0) is 11.2 Å². The Morgan fingerprint density at radius 2 is 2.00 bits per heavy atom. The van der Waals surface area contributed by atoms with Crippen molar-refractivity contribution >= 4 is 5.91 Å². The van der Waals surface area contributed by atoms with Crippen LogP contribution < -0.4 is 5.32 Å². The summed E-state index contributed by atoms with van der Waals surface area (Å²) in [7, 11) is 0. The molecule has 1 aliphatic heterocycles. The van der Waals surface area contributed by atoms with Crippen molar-refractivity contribution in [3.05, 3.63) is 59.9 Å². The zero-order valence-corrected chi connectivity index (χ0v) is 18.1. The van der Waals surface area contributed by atoms with E-state index in [0.29, 0.717) is 24.1 Å². The molecule has 5 nitrogen and oxygen atoms in total. The number of aryl methyl sites for hydroxylation is 1. The summed E-state index contributed by atoms with van der Waals surface area (Å²) in [5, 5.41) is 12.7. The molecule has 5 heteroatoms. The molecule has 1 aromatic heterocycles. The predicted molar refractivity (Wildman–Crippen MR) is 120 cm³/mol. The van der Waals surface area contributed by atoms with Crippen molar-refractivity contribution in [2.45, 2.75) is 57.9 Å². The number of carbonyl (C=O) groups is 1. The lowest BCUT2D eigenvalue weighted by molar-refractivity contribution is -0.121. The van der Waals surface area contributed by atoms with E-state index in [1.807, 2.05) is 18.3 Å². The van der Waals surface area contributed by atoms with Gasteiger partial charge in [-0.25, -0.2) is 0 Å². The summed E-state index contributed by atoms with van der Waals surface area (Å²) >= 11 is 0. The second-order valence-corrected chi connectivity index (χ2v) is 8.38. The maximum Gasteiger partial charge on any atom is 0.220 e. The van der Waals surface area contributed by atoms with Gasteiger partial charge in [0, 0.05) is 31.4 Å². The van der Waals surface area contributed by atoms with Crippen LogP contribution in [0.25, 0.3) is 0 Å². The SMILES string of the molecule is CCCC(c1ccc(O)cc1)N1CCC(CCNC(=O)CCc2cccnc2)CC1. The van der Waals surface area contributed by atoms with E-state index in [1.165, 1.54) is 18.4 Å². The number of likely N-dealkylation sites (tertiary alicyclic amines) is 1. The minimum Gasteiger partial charge on any atom is -0.508 e. The molecular weight excluding hydrogens is 374 g/mol. The fourth-order valence-corrected chi connectivity index (χ4v) is 4.39. The summed E-state index contributed by atoms with van der Waals surface area (Å²) in [6.07, 6.45) is 10.6. The number of nitrogens with one attached hydrogen (secondary N) is 1. The zero-order valence-electron chi connectivity index (χ0n) is 18.1. The third-order valence-corrected chi connectivity index (χ3v) is 6.17. The van der Waals surface area contributed by atoms with Crippen LogP contribution in [0.3, 0.4) is 0 Å². The summed E-state index contributed by atoms with van der Waals surface area (Å²) in [6, 6.07) is 12.1. The Bertz CT molecular complexity index is 756. The van der Waals surface area contributed by atoms with Gasteiger partial charge < -0.3 is 10.4 Å². The lowest BCUT2D eigenvalue weighted by atomic mass is 9.90. The van der Waals surface area contributed by atoms with Gasteiger partial charge in [0.15, 0.2) is 0 Å². The second kappa shape index (κ2) is 11.7. The van der Waals surface area contributed by atoms with Gasteiger partial charge in [-0.05, 0) is 80.4 Å². The summed E-state index contributed by atoms with van der Waals surface area (Å²) in [6.45, 7) is 5.21. The van der Waals surface area contributed by atoms with E-state index < -0.39 is 0 Å². The topological polar surface area (TPSA) is 65.5 Å². The fourth-order valence-electron chi connectivity index (χ4n) is 4.39. The van der Waals surface area contributed by atoms with Crippen LogP contribution in [0.1, 0.15) is 62.6 Å². The normalized spacial score (nSPS) is 16.3.